The molecule has 0 spiro atoms. The predicted octanol–water partition coefficient (Wildman–Crippen LogP) is 14.1. The summed E-state index contributed by atoms with van der Waals surface area (Å²) in [5, 5.41) is -1.55. The molecular formula is C71H57N4OPtSi-. The minimum Gasteiger partial charge on any atom is -0.510 e. The predicted molar refractivity (Wildman–Crippen MR) is 321 cm³/mol. The second-order valence-electron chi connectivity index (χ2n) is 18.1. The van der Waals surface area contributed by atoms with E-state index in [4.69, 9.17) is 17.1 Å². The van der Waals surface area contributed by atoms with Crippen LogP contribution in [0.15, 0.2) is 237 Å². The summed E-state index contributed by atoms with van der Waals surface area (Å²) in [5.41, 5.74) is -3.52. The van der Waals surface area contributed by atoms with Crippen LogP contribution in [0.2, 0.25) is 0 Å². The van der Waals surface area contributed by atoms with E-state index in [0.717, 1.165) is 12.3 Å². The van der Waals surface area contributed by atoms with Gasteiger partial charge in [-0.05, 0) is 109 Å². The number of aryl methyl sites for hydroxylation is 2. The number of aromatic nitrogens is 4. The summed E-state index contributed by atoms with van der Waals surface area (Å²) in [6, 6.07) is 19.0. The molecule has 0 fully saturated rings. The maximum Gasteiger partial charge on any atom is 0.252 e. The fraction of sp³-hybridized carbons (Fsp3) is 0.0986. The molecule has 0 saturated heterocycles. The molecule has 78 heavy (non-hydrogen) atoms. The summed E-state index contributed by atoms with van der Waals surface area (Å²) >= 11 is 0. The molecule has 0 unspecified atom stereocenters. The molecule has 0 amide bonds. The first-order chi connectivity index (χ1) is 50.0. The second kappa shape index (κ2) is 20.2. The van der Waals surface area contributed by atoms with Crippen molar-refractivity contribution in [2.45, 2.75) is 46.6 Å². The standard InChI is InChI=1S/C71H57N4OSi.Pt/c1-7-50(41-42-76-51-37-39-60-59-31-19-20-35-65(59)75(67(60)44-51)68-43-48(2)49(3)46-72-68)73-47-74-69-62(32-21-34-64(69)71(4,5)6)63-45-55(38-40-58(63)56-29-17-18-30-57(56)61-33-22-36-66(73)70(61)74)77(52-23-11-8-12-24-52,53-25-13-9-14-26-53)54-27-15-10-16-28-54;/h7-40,42-43,45-47H,1-6H3;/q-1;/b50-7+;/i2D3,3D3,4D3,5D3,6D3,8D,9D,10D,11D,12D,13D,14D,15D,16D,23D,24D,25D,26D,27D,28D;. The van der Waals surface area contributed by atoms with Gasteiger partial charge in [-0.2, -0.15) is 22.8 Å². The first-order valence-electron chi connectivity index (χ1n) is 39.1. The molecule has 0 N–H and O–H groups in total. The Morgan fingerprint density at radius 2 is 1.27 bits per heavy atom. The number of rotatable bonds is 9. The van der Waals surface area contributed by atoms with E-state index in [2.05, 4.69) is 17.1 Å². The minimum atomic E-state index is -5.95. The van der Waals surface area contributed by atoms with E-state index in [1.54, 1.807) is 94.9 Å². The molecule has 0 atom stereocenters. The zero-order valence-electron chi connectivity index (χ0n) is 70.9. The molecule has 0 aliphatic carbocycles. The van der Waals surface area contributed by atoms with Crippen molar-refractivity contribution in [1.82, 2.24) is 14.1 Å². The maximum absolute atomic E-state index is 9.83. The van der Waals surface area contributed by atoms with Gasteiger partial charge in [-0.15, -0.1) is 24.4 Å². The SMILES string of the molecule is [2H]c1c([2H])c([2H])c([Si](c2ccc3c(c2)-c2cccc(C(C([2H])([2H])[2H])(C([2H])([2H])[2H])C([2H])([2H])[2H])c2-[n+]2cn(/C([C-]=COc4[c-]c5c(cc4)c4ccccc4n5-c4cc(C([2H])([2H])[2H])c(C([2H])([2H])[2H])cn4)=C/C)c4cccc(c42)-c2ccccc2-3)(c2c([2H])c([2H])c([2H])c([2H])c2[2H])c2c([2H])c([2H])c([2H])c([2H])c2[2H])c([2H])c1[2H].[Pt]. The summed E-state index contributed by atoms with van der Waals surface area (Å²) in [6.45, 7) is -15.9. The fourth-order valence-electron chi connectivity index (χ4n) is 10.6. The number of hydrogen-bond donors (Lipinski definition) is 0. The second-order valence-corrected chi connectivity index (χ2v) is 21.7. The van der Waals surface area contributed by atoms with E-state index in [0.29, 0.717) is 38.5 Å². The van der Waals surface area contributed by atoms with Crippen molar-refractivity contribution in [3.63, 3.8) is 0 Å². The van der Waals surface area contributed by atoms with Crippen LogP contribution in [-0.2, 0) is 26.5 Å². The van der Waals surface area contributed by atoms with Crippen molar-refractivity contribution < 1.29 is 71.5 Å². The van der Waals surface area contributed by atoms with E-state index in [-0.39, 0.29) is 71.2 Å². The number of pyridine rings is 1. The van der Waals surface area contributed by atoms with Gasteiger partial charge < -0.3 is 9.30 Å². The summed E-state index contributed by atoms with van der Waals surface area (Å²) in [7, 11) is -5.95. The quantitative estimate of drug-likeness (QED) is 0.0361. The van der Waals surface area contributed by atoms with E-state index < -0.39 is 176 Å². The fourth-order valence-corrected chi connectivity index (χ4v) is 14.4. The molecule has 1 aliphatic rings. The van der Waals surface area contributed by atoms with Crippen molar-refractivity contribution in [3.05, 3.63) is 266 Å². The Balaban J connectivity index is 0.0000109. The number of benzene rings is 9. The average molecular weight is 1240 g/mol. The van der Waals surface area contributed by atoms with Gasteiger partial charge in [0.05, 0.1) is 20.6 Å². The molecule has 1 aliphatic heterocycles. The summed E-state index contributed by atoms with van der Waals surface area (Å²) in [6.07, 6.45) is 8.38. The molecule has 0 radical (unpaired) electrons. The third-order valence-electron chi connectivity index (χ3n) is 13.9. The maximum atomic E-state index is 9.83. The Morgan fingerprint density at radius 3 is 1.96 bits per heavy atom. The molecular weight excluding hydrogens is 1150 g/mol. The molecule has 7 heteroatoms. The number of nitrogens with zero attached hydrogens (tertiary/aromatic N) is 4. The molecule has 0 saturated carbocycles. The van der Waals surface area contributed by atoms with Gasteiger partial charge in [0, 0.05) is 82.0 Å². The Morgan fingerprint density at radius 1 is 0.641 bits per heavy atom. The van der Waals surface area contributed by atoms with Crippen molar-refractivity contribution in [1.29, 1.82) is 0 Å². The third kappa shape index (κ3) is 8.25. The topological polar surface area (TPSA) is 35.9 Å². The van der Waals surface area contributed by atoms with Crippen LogP contribution < -0.4 is 30.1 Å². The number of ether oxygens (including phenoxy) is 1. The van der Waals surface area contributed by atoms with Crippen molar-refractivity contribution in [2.24, 2.45) is 0 Å². The van der Waals surface area contributed by atoms with Gasteiger partial charge in [-0.3, -0.25) is 0 Å². The zero-order chi connectivity index (χ0) is 78.0. The van der Waals surface area contributed by atoms with Crippen molar-refractivity contribution in [3.8, 4) is 50.6 Å². The zero-order valence-corrected chi connectivity index (χ0v) is 44.1. The van der Waals surface area contributed by atoms with Crippen LogP contribution in [0.5, 0.6) is 5.75 Å². The molecule has 12 aromatic rings. The van der Waals surface area contributed by atoms with Crippen LogP contribution in [0.4, 0.5) is 0 Å². The molecule has 5 nitrogen and oxygen atoms in total. The van der Waals surface area contributed by atoms with Gasteiger partial charge in [0.15, 0.2) is 19.1 Å². The van der Waals surface area contributed by atoms with E-state index >= 15 is 0 Å². The van der Waals surface area contributed by atoms with Gasteiger partial charge in [0.2, 0.25) is 0 Å². The number of para-hydroxylation sites is 3. The number of fused-ring (bicyclic) bond motifs is 10. The number of allylic oxidation sites excluding steroid dienone is 3. The van der Waals surface area contributed by atoms with Crippen molar-refractivity contribution in [2.75, 3.05) is 0 Å². The van der Waals surface area contributed by atoms with Crippen LogP contribution in [0.1, 0.15) is 85.3 Å². The number of hydrogen-bond acceptors (Lipinski definition) is 2. The van der Waals surface area contributed by atoms with Crippen LogP contribution in [0.25, 0.3) is 83.4 Å². The van der Waals surface area contributed by atoms with Crippen LogP contribution in [0, 0.1) is 25.8 Å². The monoisotopic (exact) mass is 1230 g/mol. The van der Waals surface area contributed by atoms with E-state index in [9.17, 15) is 28.8 Å². The van der Waals surface area contributed by atoms with Gasteiger partial charge >= 0.3 is 0 Å². The van der Waals surface area contributed by atoms with Gasteiger partial charge in [0.1, 0.15) is 11.5 Å². The van der Waals surface area contributed by atoms with Crippen LogP contribution in [-0.4, -0.2) is 22.2 Å². The molecule has 382 valence electrons. The average Bonchev–Trinajstić information content (AvgIpc) is 0.875. The summed E-state index contributed by atoms with van der Waals surface area (Å²) < 4.78 is 284. The summed E-state index contributed by atoms with van der Waals surface area (Å²) in [5.74, 6) is 0.140. The normalized spacial score (nSPS) is 18.8. The molecule has 9 aromatic carbocycles. The Kier molecular flexibility index (Phi) is 6.93. The minimum absolute atomic E-state index is 0. The van der Waals surface area contributed by atoms with Crippen LogP contribution in [0.3, 0.4) is 0 Å². The van der Waals surface area contributed by atoms with Crippen molar-refractivity contribution >= 4 is 67.4 Å². The smallest absolute Gasteiger partial charge is 0.252 e. The molecule has 3 aromatic heterocycles. The van der Waals surface area contributed by atoms with E-state index in [1.807, 2.05) is 6.07 Å². The Bertz CT molecular complexity index is 5560. The molecule has 0 bridgehead atoms. The summed E-state index contributed by atoms with van der Waals surface area (Å²) in [4.78, 5) is 4.45. The molecule has 4 heterocycles. The first kappa shape index (κ1) is 26.8. The Labute approximate surface area is 514 Å². The number of imidazole rings is 1. The van der Waals surface area contributed by atoms with Gasteiger partial charge in [0.25, 0.3) is 6.33 Å². The molecule has 13 rings (SSSR count). The largest absolute Gasteiger partial charge is 0.510 e. The first-order valence-corrected chi connectivity index (χ1v) is 26.1. The van der Waals surface area contributed by atoms with Gasteiger partial charge in [-0.25, -0.2) is 9.55 Å². The third-order valence-corrected chi connectivity index (χ3v) is 18.1. The Hall–Kier alpha value is -8.41. The van der Waals surface area contributed by atoms with Crippen LogP contribution >= 0.6 is 0 Å². The van der Waals surface area contributed by atoms with E-state index in [1.165, 1.54) is 53.6 Å². The van der Waals surface area contributed by atoms with Gasteiger partial charge in [-0.1, -0.05) is 202 Å².